The number of nitrogens with one attached hydrogen (secondary N) is 1. The SMILES string of the molecule is COC(C)CNc1nccn1C1CC1. The molecule has 1 unspecified atom stereocenters. The van der Waals surface area contributed by atoms with Crippen LogP contribution in [-0.4, -0.2) is 29.3 Å². The van der Waals surface area contributed by atoms with Gasteiger partial charge in [-0.25, -0.2) is 4.98 Å². The van der Waals surface area contributed by atoms with Crippen molar-refractivity contribution in [2.75, 3.05) is 19.0 Å². The Morgan fingerprint density at radius 1 is 1.71 bits per heavy atom. The maximum atomic E-state index is 5.16. The molecule has 4 heteroatoms. The fourth-order valence-electron chi connectivity index (χ4n) is 1.42. The molecule has 1 atom stereocenters. The largest absolute Gasteiger partial charge is 0.380 e. The number of imidazole rings is 1. The Bertz CT molecular complexity index is 293. The first-order valence-corrected chi connectivity index (χ1v) is 5.10. The number of ether oxygens (including phenoxy) is 1. The van der Waals surface area contributed by atoms with E-state index >= 15 is 0 Å². The van der Waals surface area contributed by atoms with Gasteiger partial charge in [0, 0.05) is 32.1 Å². The van der Waals surface area contributed by atoms with E-state index in [1.807, 2.05) is 19.3 Å². The lowest BCUT2D eigenvalue weighted by atomic mass is 10.4. The van der Waals surface area contributed by atoms with Crippen molar-refractivity contribution in [1.82, 2.24) is 9.55 Å². The van der Waals surface area contributed by atoms with Gasteiger partial charge >= 0.3 is 0 Å². The highest BCUT2D eigenvalue weighted by atomic mass is 16.5. The van der Waals surface area contributed by atoms with Crippen molar-refractivity contribution in [1.29, 1.82) is 0 Å². The first-order chi connectivity index (χ1) is 6.81. The molecule has 14 heavy (non-hydrogen) atoms. The van der Waals surface area contributed by atoms with Gasteiger partial charge in [-0.3, -0.25) is 0 Å². The minimum Gasteiger partial charge on any atom is -0.380 e. The summed E-state index contributed by atoms with van der Waals surface area (Å²) in [4.78, 5) is 4.28. The molecule has 2 rings (SSSR count). The summed E-state index contributed by atoms with van der Waals surface area (Å²) >= 11 is 0. The summed E-state index contributed by atoms with van der Waals surface area (Å²) in [5, 5.41) is 3.29. The molecule has 1 heterocycles. The van der Waals surface area contributed by atoms with E-state index in [1.165, 1.54) is 12.8 Å². The summed E-state index contributed by atoms with van der Waals surface area (Å²) in [5.74, 6) is 0.969. The van der Waals surface area contributed by atoms with Crippen LogP contribution in [0.3, 0.4) is 0 Å². The van der Waals surface area contributed by atoms with E-state index in [-0.39, 0.29) is 6.10 Å². The lowest BCUT2D eigenvalue weighted by molar-refractivity contribution is 0.128. The number of rotatable bonds is 5. The van der Waals surface area contributed by atoms with Crippen LogP contribution in [0, 0.1) is 0 Å². The predicted molar refractivity (Wildman–Crippen MR) is 55.5 cm³/mol. The van der Waals surface area contributed by atoms with E-state index in [1.54, 1.807) is 7.11 Å². The molecule has 1 N–H and O–H groups in total. The lowest BCUT2D eigenvalue weighted by Gasteiger charge is -2.12. The van der Waals surface area contributed by atoms with Crippen LogP contribution in [0.25, 0.3) is 0 Å². The third kappa shape index (κ3) is 2.07. The quantitative estimate of drug-likeness (QED) is 0.776. The summed E-state index contributed by atoms with van der Waals surface area (Å²) in [6.45, 7) is 2.84. The zero-order chi connectivity index (χ0) is 9.97. The van der Waals surface area contributed by atoms with Gasteiger partial charge < -0.3 is 14.6 Å². The Balaban J connectivity index is 1.91. The Morgan fingerprint density at radius 3 is 3.14 bits per heavy atom. The highest BCUT2D eigenvalue weighted by Gasteiger charge is 2.25. The molecular weight excluding hydrogens is 178 g/mol. The standard InChI is InChI=1S/C10H17N3O/c1-8(14-2)7-12-10-11-5-6-13(10)9-3-4-9/h5-6,8-9H,3-4,7H2,1-2H3,(H,11,12). The van der Waals surface area contributed by atoms with E-state index in [4.69, 9.17) is 4.74 Å². The lowest BCUT2D eigenvalue weighted by Crippen LogP contribution is -2.20. The molecule has 0 amide bonds. The number of hydrogen-bond acceptors (Lipinski definition) is 3. The predicted octanol–water partition coefficient (Wildman–Crippen LogP) is 1.66. The van der Waals surface area contributed by atoms with Gasteiger partial charge in [0.2, 0.25) is 5.95 Å². The van der Waals surface area contributed by atoms with Crippen molar-refractivity contribution >= 4 is 5.95 Å². The Hall–Kier alpha value is -1.03. The summed E-state index contributed by atoms with van der Waals surface area (Å²) in [6, 6.07) is 0.679. The monoisotopic (exact) mass is 195 g/mol. The van der Waals surface area contributed by atoms with Crippen molar-refractivity contribution in [3.8, 4) is 0 Å². The van der Waals surface area contributed by atoms with Crippen LogP contribution in [0.5, 0.6) is 0 Å². The van der Waals surface area contributed by atoms with Gasteiger partial charge in [0.1, 0.15) is 0 Å². The second kappa shape index (κ2) is 4.00. The summed E-state index contributed by atoms with van der Waals surface area (Å²) in [5.41, 5.74) is 0. The first kappa shape index (κ1) is 9.52. The zero-order valence-electron chi connectivity index (χ0n) is 8.73. The van der Waals surface area contributed by atoms with Gasteiger partial charge in [0.05, 0.1) is 6.10 Å². The van der Waals surface area contributed by atoms with Crippen molar-refractivity contribution in [2.45, 2.75) is 31.9 Å². The molecular formula is C10H17N3O. The van der Waals surface area contributed by atoms with Gasteiger partial charge in [0.25, 0.3) is 0 Å². The molecule has 1 aromatic rings. The average Bonchev–Trinajstić information content (AvgIpc) is 2.94. The molecule has 1 aromatic heterocycles. The minimum absolute atomic E-state index is 0.222. The summed E-state index contributed by atoms with van der Waals surface area (Å²) < 4.78 is 7.38. The maximum absolute atomic E-state index is 5.16. The van der Waals surface area contributed by atoms with Crippen LogP contribution in [-0.2, 0) is 4.74 Å². The average molecular weight is 195 g/mol. The Kier molecular flexibility index (Phi) is 2.72. The van der Waals surface area contributed by atoms with Crippen molar-refractivity contribution in [2.24, 2.45) is 0 Å². The van der Waals surface area contributed by atoms with Crippen LogP contribution >= 0.6 is 0 Å². The third-order valence-corrected chi connectivity index (χ3v) is 2.56. The molecule has 0 saturated heterocycles. The molecule has 0 spiro atoms. The van der Waals surface area contributed by atoms with Crippen molar-refractivity contribution in [3.05, 3.63) is 12.4 Å². The molecule has 0 radical (unpaired) electrons. The number of aromatic nitrogens is 2. The number of nitrogens with zero attached hydrogens (tertiary/aromatic N) is 2. The summed E-state index contributed by atoms with van der Waals surface area (Å²) in [7, 11) is 1.72. The van der Waals surface area contributed by atoms with E-state index in [2.05, 4.69) is 14.9 Å². The molecule has 1 aliphatic rings. The molecule has 0 bridgehead atoms. The Morgan fingerprint density at radius 2 is 2.50 bits per heavy atom. The van der Waals surface area contributed by atoms with E-state index in [0.717, 1.165) is 12.5 Å². The number of anilines is 1. The molecule has 1 fully saturated rings. The maximum Gasteiger partial charge on any atom is 0.203 e. The fraction of sp³-hybridized carbons (Fsp3) is 0.700. The zero-order valence-corrected chi connectivity index (χ0v) is 8.73. The van der Waals surface area contributed by atoms with Crippen LogP contribution < -0.4 is 5.32 Å². The van der Waals surface area contributed by atoms with Crippen LogP contribution in [0.2, 0.25) is 0 Å². The molecule has 0 aliphatic heterocycles. The van der Waals surface area contributed by atoms with Crippen LogP contribution in [0.4, 0.5) is 5.95 Å². The highest BCUT2D eigenvalue weighted by Crippen LogP contribution is 2.36. The van der Waals surface area contributed by atoms with Gasteiger partial charge in [0.15, 0.2) is 0 Å². The Labute approximate surface area is 84.3 Å². The molecule has 0 aromatic carbocycles. The summed E-state index contributed by atoms with van der Waals surface area (Å²) in [6.07, 6.45) is 6.67. The van der Waals surface area contributed by atoms with Gasteiger partial charge in [-0.1, -0.05) is 0 Å². The number of methoxy groups -OCH3 is 1. The minimum atomic E-state index is 0.222. The van der Waals surface area contributed by atoms with Crippen molar-refractivity contribution in [3.63, 3.8) is 0 Å². The third-order valence-electron chi connectivity index (χ3n) is 2.56. The van der Waals surface area contributed by atoms with Crippen molar-refractivity contribution < 1.29 is 4.74 Å². The second-order valence-electron chi connectivity index (χ2n) is 3.82. The van der Waals surface area contributed by atoms with E-state index in [9.17, 15) is 0 Å². The number of hydrogen-bond donors (Lipinski definition) is 1. The first-order valence-electron chi connectivity index (χ1n) is 5.10. The van der Waals surface area contributed by atoms with Gasteiger partial charge in [-0.05, 0) is 19.8 Å². The van der Waals surface area contributed by atoms with Crippen LogP contribution in [0.1, 0.15) is 25.8 Å². The molecule has 78 valence electrons. The smallest absolute Gasteiger partial charge is 0.203 e. The normalized spacial score (nSPS) is 18.1. The molecule has 4 nitrogen and oxygen atoms in total. The van der Waals surface area contributed by atoms with E-state index < -0.39 is 0 Å². The van der Waals surface area contributed by atoms with E-state index in [0.29, 0.717) is 6.04 Å². The second-order valence-corrected chi connectivity index (χ2v) is 3.82. The molecule has 1 saturated carbocycles. The van der Waals surface area contributed by atoms with Gasteiger partial charge in [-0.15, -0.1) is 0 Å². The highest BCUT2D eigenvalue weighted by molar-refractivity contribution is 5.27. The van der Waals surface area contributed by atoms with Gasteiger partial charge in [-0.2, -0.15) is 0 Å². The molecule has 1 aliphatic carbocycles. The van der Waals surface area contributed by atoms with Crippen LogP contribution in [0.15, 0.2) is 12.4 Å². The fourth-order valence-corrected chi connectivity index (χ4v) is 1.42. The topological polar surface area (TPSA) is 39.1 Å².